The molecule has 0 aliphatic heterocycles. The van der Waals surface area contributed by atoms with Crippen molar-refractivity contribution in [1.29, 1.82) is 0 Å². The average Bonchev–Trinajstić information content (AvgIpc) is 3.07. The highest BCUT2D eigenvalue weighted by atomic mass is 32.1. The molecule has 5 nitrogen and oxygen atoms in total. The third-order valence-corrected chi connectivity index (χ3v) is 5.10. The number of hydrogen-bond acceptors (Lipinski definition) is 4. The zero-order valence-corrected chi connectivity index (χ0v) is 14.2. The quantitative estimate of drug-likeness (QED) is 0.505. The Labute approximate surface area is 151 Å². The predicted molar refractivity (Wildman–Crippen MR) is 102 cm³/mol. The summed E-state index contributed by atoms with van der Waals surface area (Å²) in [4.78, 5) is 27.1. The minimum atomic E-state index is -1.02. The standard InChI is InChI=1S/C20H13NO4S/c22-17-15(11-5-2-1-3-6-11)18(23)21-19-16(17)14(10-26-19)12-7-4-8-13(9-12)20(24)25/h1-10H,(H,24,25)(H2,21,22,23). The molecule has 2 aromatic carbocycles. The van der Waals surface area contributed by atoms with E-state index in [9.17, 15) is 19.8 Å². The number of aromatic nitrogens is 1. The number of H-pyrrole nitrogens is 1. The monoisotopic (exact) mass is 363 g/mol. The normalized spacial score (nSPS) is 10.9. The molecule has 26 heavy (non-hydrogen) atoms. The van der Waals surface area contributed by atoms with Gasteiger partial charge >= 0.3 is 5.97 Å². The maximum atomic E-state index is 12.5. The molecule has 0 aliphatic carbocycles. The van der Waals surface area contributed by atoms with Gasteiger partial charge in [-0.15, -0.1) is 11.3 Å². The van der Waals surface area contributed by atoms with Gasteiger partial charge in [0, 0.05) is 10.9 Å². The van der Waals surface area contributed by atoms with E-state index in [1.807, 2.05) is 6.07 Å². The van der Waals surface area contributed by atoms with Crippen molar-refractivity contribution >= 4 is 27.5 Å². The molecule has 0 amide bonds. The van der Waals surface area contributed by atoms with Gasteiger partial charge in [-0.3, -0.25) is 4.79 Å². The van der Waals surface area contributed by atoms with E-state index in [-0.39, 0.29) is 22.4 Å². The third kappa shape index (κ3) is 2.57. The first-order valence-electron chi connectivity index (χ1n) is 7.82. The van der Waals surface area contributed by atoms with Crippen LogP contribution >= 0.6 is 11.3 Å². The lowest BCUT2D eigenvalue weighted by Gasteiger charge is -2.08. The van der Waals surface area contributed by atoms with Crippen molar-refractivity contribution in [1.82, 2.24) is 4.98 Å². The fraction of sp³-hybridized carbons (Fsp3) is 0. The van der Waals surface area contributed by atoms with E-state index in [0.29, 0.717) is 26.9 Å². The number of carboxylic acids is 1. The number of carboxylic acid groups (broad SMARTS) is 1. The smallest absolute Gasteiger partial charge is 0.335 e. The van der Waals surface area contributed by atoms with Gasteiger partial charge in [0.05, 0.1) is 16.5 Å². The van der Waals surface area contributed by atoms with E-state index >= 15 is 0 Å². The van der Waals surface area contributed by atoms with E-state index in [4.69, 9.17) is 0 Å². The van der Waals surface area contributed by atoms with Crippen molar-refractivity contribution in [3.05, 3.63) is 75.9 Å². The average molecular weight is 363 g/mol. The molecule has 0 fully saturated rings. The van der Waals surface area contributed by atoms with E-state index in [1.165, 1.54) is 17.4 Å². The predicted octanol–water partition coefficient (Wildman–Crippen LogP) is 4.33. The molecule has 0 atom stereocenters. The number of thiophene rings is 1. The van der Waals surface area contributed by atoms with Crippen LogP contribution in [0.3, 0.4) is 0 Å². The maximum absolute atomic E-state index is 12.5. The van der Waals surface area contributed by atoms with Crippen LogP contribution in [-0.2, 0) is 0 Å². The van der Waals surface area contributed by atoms with Gasteiger partial charge in [0.1, 0.15) is 10.6 Å². The number of hydrogen-bond donors (Lipinski definition) is 3. The van der Waals surface area contributed by atoms with E-state index < -0.39 is 5.97 Å². The third-order valence-electron chi connectivity index (χ3n) is 4.20. The first-order chi connectivity index (χ1) is 12.6. The molecule has 0 aliphatic rings. The highest BCUT2D eigenvalue weighted by molar-refractivity contribution is 7.17. The van der Waals surface area contributed by atoms with Crippen LogP contribution < -0.4 is 5.56 Å². The SMILES string of the molecule is O=C(O)c1cccc(-c2csc3[nH]c(=O)c(-c4ccccc4)c(O)c23)c1. The highest BCUT2D eigenvalue weighted by Crippen LogP contribution is 2.41. The number of aromatic amines is 1. The molecule has 6 heteroatoms. The summed E-state index contributed by atoms with van der Waals surface area (Å²) in [6.45, 7) is 0. The van der Waals surface area contributed by atoms with Gasteiger partial charge in [0.2, 0.25) is 0 Å². The van der Waals surface area contributed by atoms with Gasteiger partial charge in [-0.25, -0.2) is 4.79 Å². The summed E-state index contributed by atoms with van der Waals surface area (Å²) in [5.41, 5.74) is 1.95. The Bertz CT molecular complexity index is 1190. The lowest BCUT2D eigenvalue weighted by molar-refractivity contribution is 0.0697. The Morgan fingerprint density at radius 3 is 2.46 bits per heavy atom. The number of aromatic hydroxyl groups is 1. The number of benzene rings is 2. The summed E-state index contributed by atoms with van der Waals surface area (Å²) >= 11 is 1.29. The second-order valence-electron chi connectivity index (χ2n) is 5.78. The van der Waals surface area contributed by atoms with Crippen LogP contribution in [0.5, 0.6) is 5.75 Å². The molecule has 0 unspecified atom stereocenters. The minimum Gasteiger partial charge on any atom is -0.506 e. The largest absolute Gasteiger partial charge is 0.506 e. The summed E-state index contributed by atoms with van der Waals surface area (Å²) in [6.07, 6.45) is 0. The zero-order chi connectivity index (χ0) is 18.3. The minimum absolute atomic E-state index is 0.105. The van der Waals surface area contributed by atoms with Crippen LogP contribution in [-0.4, -0.2) is 21.2 Å². The molecule has 4 rings (SSSR count). The molecule has 0 bridgehead atoms. The van der Waals surface area contributed by atoms with Crippen LogP contribution in [0.15, 0.2) is 64.8 Å². The van der Waals surface area contributed by atoms with Crippen LogP contribution in [0, 0.1) is 0 Å². The Morgan fingerprint density at radius 2 is 1.73 bits per heavy atom. The molecule has 0 radical (unpaired) electrons. The van der Waals surface area contributed by atoms with Crippen LogP contribution in [0.2, 0.25) is 0 Å². The van der Waals surface area contributed by atoms with Crippen LogP contribution in [0.4, 0.5) is 0 Å². The molecule has 2 aromatic heterocycles. The topological polar surface area (TPSA) is 90.4 Å². The summed E-state index contributed by atoms with van der Waals surface area (Å²) in [7, 11) is 0. The van der Waals surface area contributed by atoms with Gasteiger partial charge in [-0.1, -0.05) is 42.5 Å². The summed E-state index contributed by atoms with van der Waals surface area (Å²) in [5, 5.41) is 22.4. The molecule has 4 aromatic rings. The second-order valence-corrected chi connectivity index (χ2v) is 6.66. The molecular weight excluding hydrogens is 350 g/mol. The lowest BCUT2D eigenvalue weighted by atomic mass is 9.99. The highest BCUT2D eigenvalue weighted by Gasteiger charge is 2.19. The fourth-order valence-corrected chi connectivity index (χ4v) is 3.95. The van der Waals surface area contributed by atoms with Crippen molar-refractivity contribution in [2.24, 2.45) is 0 Å². The van der Waals surface area contributed by atoms with E-state index in [2.05, 4.69) is 4.98 Å². The molecule has 3 N–H and O–H groups in total. The fourth-order valence-electron chi connectivity index (χ4n) is 2.99. The van der Waals surface area contributed by atoms with Crippen molar-refractivity contribution in [2.45, 2.75) is 0 Å². The Morgan fingerprint density at radius 1 is 1.00 bits per heavy atom. The summed E-state index contributed by atoms with van der Waals surface area (Å²) in [6, 6.07) is 15.4. The summed E-state index contributed by atoms with van der Waals surface area (Å²) in [5.74, 6) is -1.12. The lowest BCUT2D eigenvalue weighted by Crippen LogP contribution is -2.08. The van der Waals surface area contributed by atoms with E-state index in [1.54, 1.807) is 47.8 Å². The maximum Gasteiger partial charge on any atom is 0.335 e. The van der Waals surface area contributed by atoms with Gasteiger partial charge in [0.15, 0.2) is 0 Å². The van der Waals surface area contributed by atoms with Crippen LogP contribution in [0.25, 0.3) is 32.5 Å². The van der Waals surface area contributed by atoms with Crippen LogP contribution in [0.1, 0.15) is 10.4 Å². The van der Waals surface area contributed by atoms with Gasteiger partial charge in [-0.05, 0) is 23.3 Å². The zero-order valence-electron chi connectivity index (χ0n) is 13.4. The van der Waals surface area contributed by atoms with Gasteiger partial charge in [0.25, 0.3) is 5.56 Å². The summed E-state index contributed by atoms with van der Waals surface area (Å²) < 4.78 is 0. The molecular formula is C20H13NO4S. The first kappa shape index (κ1) is 16.1. The van der Waals surface area contributed by atoms with Crippen molar-refractivity contribution in [2.75, 3.05) is 0 Å². The Balaban J connectivity index is 2.01. The van der Waals surface area contributed by atoms with Crippen molar-refractivity contribution < 1.29 is 15.0 Å². The van der Waals surface area contributed by atoms with Crippen molar-refractivity contribution in [3.63, 3.8) is 0 Å². The van der Waals surface area contributed by atoms with E-state index in [0.717, 1.165) is 0 Å². The number of pyridine rings is 1. The number of carbonyl (C=O) groups is 1. The second kappa shape index (κ2) is 6.16. The molecule has 2 heterocycles. The molecule has 128 valence electrons. The Kier molecular flexibility index (Phi) is 3.82. The molecule has 0 saturated carbocycles. The first-order valence-corrected chi connectivity index (χ1v) is 8.70. The number of fused-ring (bicyclic) bond motifs is 1. The van der Waals surface area contributed by atoms with Gasteiger partial charge < -0.3 is 15.2 Å². The molecule has 0 spiro atoms. The molecule has 0 saturated heterocycles. The number of rotatable bonds is 3. The van der Waals surface area contributed by atoms with Gasteiger partial charge in [-0.2, -0.15) is 0 Å². The Hall–Kier alpha value is -3.38. The van der Waals surface area contributed by atoms with Crippen molar-refractivity contribution in [3.8, 4) is 28.0 Å². The number of aromatic carboxylic acids is 1. The number of nitrogens with one attached hydrogen (secondary N) is 1.